The van der Waals surface area contributed by atoms with Gasteiger partial charge in [0.05, 0.1) is 6.17 Å². The van der Waals surface area contributed by atoms with Crippen molar-refractivity contribution < 1.29 is 0 Å². The van der Waals surface area contributed by atoms with E-state index in [2.05, 4.69) is 26.9 Å². The predicted molar refractivity (Wildman–Crippen MR) is 71.0 cm³/mol. The summed E-state index contributed by atoms with van der Waals surface area (Å²) < 4.78 is 0. The van der Waals surface area contributed by atoms with Gasteiger partial charge in [-0.3, -0.25) is 14.7 Å². The van der Waals surface area contributed by atoms with Gasteiger partial charge in [0.2, 0.25) is 0 Å². The van der Waals surface area contributed by atoms with E-state index in [1.807, 2.05) is 0 Å². The van der Waals surface area contributed by atoms with Crippen molar-refractivity contribution >= 4 is 0 Å². The zero-order valence-corrected chi connectivity index (χ0v) is 11.1. The summed E-state index contributed by atoms with van der Waals surface area (Å²) in [4.78, 5) is 7.50. The number of hydrogen-bond donors (Lipinski definition) is 2. The van der Waals surface area contributed by atoms with Gasteiger partial charge in [0.1, 0.15) is 0 Å². The first kappa shape index (κ1) is 13.2. The molecule has 2 saturated heterocycles. The molecular weight excluding hydrogens is 214 g/mol. The molecule has 0 spiro atoms. The Morgan fingerprint density at radius 2 is 1.47 bits per heavy atom. The number of nitrogens with one attached hydrogen (secondary N) is 1. The average molecular weight is 241 g/mol. The normalized spacial score (nSPS) is 27.2. The second kappa shape index (κ2) is 6.66. The Bertz CT molecular complexity index is 207. The van der Waals surface area contributed by atoms with Crippen LogP contribution in [0.15, 0.2) is 0 Å². The van der Waals surface area contributed by atoms with Crippen molar-refractivity contribution in [1.29, 1.82) is 0 Å². The van der Waals surface area contributed by atoms with Gasteiger partial charge < -0.3 is 11.1 Å². The van der Waals surface area contributed by atoms with Crippen molar-refractivity contribution in [2.24, 2.45) is 5.73 Å². The molecule has 17 heavy (non-hydrogen) atoms. The van der Waals surface area contributed by atoms with Crippen LogP contribution in [0.5, 0.6) is 0 Å². The molecule has 5 heteroatoms. The van der Waals surface area contributed by atoms with E-state index in [4.69, 9.17) is 5.73 Å². The molecule has 5 nitrogen and oxygen atoms in total. The Hall–Kier alpha value is -0.200. The van der Waals surface area contributed by atoms with Crippen molar-refractivity contribution in [2.75, 3.05) is 65.4 Å². The third-order valence-electron chi connectivity index (χ3n) is 3.92. The van der Waals surface area contributed by atoms with Gasteiger partial charge in [-0.2, -0.15) is 0 Å². The first-order valence-corrected chi connectivity index (χ1v) is 6.91. The number of hydrogen-bond acceptors (Lipinski definition) is 5. The molecule has 1 atom stereocenters. The van der Waals surface area contributed by atoms with Crippen LogP contribution in [0, 0.1) is 0 Å². The minimum absolute atomic E-state index is 0.213. The van der Waals surface area contributed by atoms with E-state index >= 15 is 0 Å². The molecule has 2 aliphatic rings. The summed E-state index contributed by atoms with van der Waals surface area (Å²) in [7, 11) is 0. The second-order valence-corrected chi connectivity index (χ2v) is 5.21. The lowest BCUT2D eigenvalue weighted by Gasteiger charge is -2.38. The lowest BCUT2D eigenvalue weighted by atomic mass is 10.3. The molecule has 2 aliphatic heterocycles. The topological polar surface area (TPSA) is 47.8 Å². The van der Waals surface area contributed by atoms with Crippen LogP contribution in [0.25, 0.3) is 0 Å². The Morgan fingerprint density at radius 1 is 0.941 bits per heavy atom. The van der Waals surface area contributed by atoms with Crippen LogP contribution >= 0.6 is 0 Å². The number of nitrogens with zero attached hydrogens (tertiary/aromatic N) is 3. The fraction of sp³-hybridized carbons (Fsp3) is 1.00. The summed E-state index contributed by atoms with van der Waals surface area (Å²) >= 11 is 0. The fourth-order valence-corrected chi connectivity index (χ4v) is 2.61. The smallest absolute Gasteiger partial charge is 0.0543 e. The number of piperazine rings is 2. The van der Waals surface area contributed by atoms with Gasteiger partial charge in [0.15, 0.2) is 0 Å². The highest BCUT2D eigenvalue weighted by atomic mass is 15.3. The molecule has 0 saturated carbocycles. The van der Waals surface area contributed by atoms with Gasteiger partial charge >= 0.3 is 0 Å². The van der Waals surface area contributed by atoms with Crippen LogP contribution < -0.4 is 11.1 Å². The maximum absolute atomic E-state index is 5.90. The first-order valence-electron chi connectivity index (χ1n) is 6.91. The molecule has 0 aromatic heterocycles. The first-order chi connectivity index (χ1) is 8.25. The van der Waals surface area contributed by atoms with Gasteiger partial charge in [-0.25, -0.2) is 0 Å². The largest absolute Gasteiger partial charge is 0.316 e. The van der Waals surface area contributed by atoms with Crippen molar-refractivity contribution in [1.82, 2.24) is 20.0 Å². The molecule has 1 unspecified atom stereocenters. The van der Waals surface area contributed by atoms with Crippen molar-refractivity contribution in [3.63, 3.8) is 0 Å². The Kier molecular flexibility index (Phi) is 5.18. The maximum atomic E-state index is 5.90. The molecule has 0 aromatic rings. The Morgan fingerprint density at radius 3 is 2.00 bits per heavy atom. The summed E-state index contributed by atoms with van der Waals surface area (Å²) in [6.07, 6.45) is 0.213. The summed E-state index contributed by atoms with van der Waals surface area (Å²) in [5.74, 6) is 0. The van der Waals surface area contributed by atoms with Gasteiger partial charge in [0, 0.05) is 65.4 Å². The van der Waals surface area contributed by atoms with Crippen LogP contribution in [0.3, 0.4) is 0 Å². The van der Waals surface area contributed by atoms with E-state index in [-0.39, 0.29) is 6.17 Å². The summed E-state index contributed by atoms with van der Waals surface area (Å²) in [6.45, 7) is 13.8. The summed E-state index contributed by atoms with van der Waals surface area (Å²) in [6, 6.07) is 0. The minimum atomic E-state index is 0.213. The van der Waals surface area contributed by atoms with Crippen molar-refractivity contribution in [3.8, 4) is 0 Å². The third-order valence-corrected chi connectivity index (χ3v) is 3.92. The SMILES string of the molecule is CC(N)N1CCN(CCN2CCNCC2)CC1. The van der Waals surface area contributed by atoms with Gasteiger partial charge in [-0.15, -0.1) is 0 Å². The Labute approximate surface area is 105 Å². The summed E-state index contributed by atoms with van der Waals surface area (Å²) in [5, 5.41) is 3.40. The third kappa shape index (κ3) is 4.19. The van der Waals surface area contributed by atoms with Crippen LogP contribution in [0.4, 0.5) is 0 Å². The van der Waals surface area contributed by atoms with E-state index < -0.39 is 0 Å². The van der Waals surface area contributed by atoms with E-state index in [1.165, 1.54) is 39.3 Å². The van der Waals surface area contributed by atoms with Crippen molar-refractivity contribution in [2.45, 2.75) is 13.1 Å². The molecule has 3 N–H and O–H groups in total. The lowest BCUT2D eigenvalue weighted by molar-refractivity contribution is 0.0934. The number of rotatable bonds is 4. The zero-order chi connectivity index (χ0) is 12.1. The lowest BCUT2D eigenvalue weighted by Crippen LogP contribution is -2.54. The molecule has 0 radical (unpaired) electrons. The van der Waals surface area contributed by atoms with Gasteiger partial charge in [-0.05, 0) is 6.92 Å². The second-order valence-electron chi connectivity index (χ2n) is 5.21. The maximum Gasteiger partial charge on any atom is 0.0543 e. The molecule has 0 bridgehead atoms. The molecule has 2 fully saturated rings. The fourth-order valence-electron chi connectivity index (χ4n) is 2.61. The Balaban J connectivity index is 1.61. The monoisotopic (exact) mass is 241 g/mol. The van der Waals surface area contributed by atoms with Crippen molar-refractivity contribution in [3.05, 3.63) is 0 Å². The molecule has 2 heterocycles. The van der Waals surface area contributed by atoms with E-state index in [0.29, 0.717) is 0 Å². The molecule has 2 rings (SSSR count). The molecule has 0 aliphatic carbocycles. The molecule has 0 aromatic carbocycles. The quantitative estimate of drug-likeness (QED) is 0.648. The number of nitrogens with two attached hydrogens (primary N) is 1. The van der Waals surface area contributed by atoms with E-state index in [0.717, 1.165) is 26.2 Å². The van der Waals surface area contributed by atoms with Crippen LogP contribution in [-0.4, -0.2) is 86.3 Å². The highest BCUT2D eigenvalue weighted by Crippen LogP contribution is 2.03. The van der Waals surface area contributed by atoms with E-state index in [9.17, 15) is 0 Å². The van der Waals surface area contributed by atoms with Gasteiger partial charge in [-0.1, -0.05) is 0 Å². The minimum Gasteiger partial charge on any atom is -0.316 e. The van der Waals surface area contributed by atoms with E-state index in [1.54, 1.807) is 0 Å². The predicted octanol–water partition coefficient (Wildman–Crippen LogP) is -1.19. The molecular formula is C12H27N5. The van der Waals surface area contributed by atoms with Gasteiger partial charge in [0.25, 0.3) is 0 Å². The molecule has 100 valence electrons. The summed E-state index contributed by atoms with van der Waals surface area (Å²) in [5.41, 5.74) is 5.90. The highest BCUT2D eigenvalue weighted by molar-refractivity contribution is 4.75. The van der Waals surface area contributed by atoms with Crippen LogP contribution in [0.1, 0.15) is 6.92 Å². The van der Waals surface area contributed by atoms with Crippen LogP contribution in [-0.2, 0) is 0 Å². The van der Waals surface area contributed by atoms with Crippen LogP contribution in [0.2, 0.25) is 0 Å². The zero-order valence-electron chi connectivity index (χ0n) is 11.1. The standard InChI is InChI=1S/C12H27N5/c1-12(13)17-10-8-16(9-11-17)7-6-15-4-2-14-3-5-15/h12,14H,2-11,13H2,1H3. The average Bonchev–Trinajstić information content (AvgIpc) is 2.38. The highest BCUT2D eigenvalue weighted by Gasteiger charge is 2.19. The molecule has 0 amide bonds.